The molecule has 2 saturated heterocycles. The molecule has 25 heavy (non-hydrogen) atoms. The van der Waals surface area contributed by atoms with Crippen molar-refractivity contribution in [1.29, 1.82) is 0 Å². The summed E-state index contributed by atoms with van der Waals surface area (Å²) in [6, 6.07) is 8.33. The van der Waals surface area contributed by atoms with E-state index in [1.807, 2.05) is 6.07 Å². The Bertz CT molecular complexity index is 702. The molecule has 2 aromatic rings. The van der Waals surface area contributed by atoms with E-state index in [-0.39, 0.29) is 0 Å². The SMILES string of the molecule is CC1CCN(CC(=O)N2CCC[C@H](c3nc4ccccc4s3)C2)CC1. The maximum absolute atomic E-state index is 12.8. The molecule has 2 aliphatic rings. The summed E-state index contributed by atoms with van der Waals surface area (Å²) >= 11 is 1.79. The number of likely N-dealkylation sites (tertiary alicyclic amines) is 2. The Kier molecular flexibility index (Phi) is 5.04. The van der Waals surface area contributed by atoms with Crippen LogP contribution in [0.4, 0.5) is 0 Å². The summed E-state index contributed by atoms with van der Waals surface area (Å²) in [5.41, 5.74) is 1.09. The molecule has 1 amide bonds. The first kappa shape index (κ1) is 17.0. The first-order valence-electron chi connectivity index (χ1n) is 9.54. The van der Waals surface area contributed by atoms with Crippen LogP contribution in [0.1, 0.15) is 43.5 Å². The van der Waals surface area contributed by atoms with Crippen LogP contribution in [0.15, 0.2) is 24.3 Å². The molecule has 1 atom stereocenters. The molecule has 0 radical (unpaired) electrons. The summed E-state index contributed by atoms with van der Waals surface area (Å²) in [4.78, 5) is 22.0. The van der Waals surface area contributed by atoms with Gasteiger partial charge in [-0.2, -0.15) is 0 Å². The Morgan fingerprint density at radius 2 is 2.00 bits per heavy atom. The van der Waals surface area contributed by atoms with Crippen LogP contribution in [0.3, 0.4) is 0 Å². The van der Waals surface area contributed by atoms with Crippen molar-refractivity contribution in [1.82, 2.24) is 14.8 Å². The summed E-state index contributed by atoms with van der Waals surface area (Å²) in [6.45, 7) is 6.79. The van der Waals surface area contributed by atoms with Crippen molar-refractivity contribution in [3.8, 4) is 0 Å². The average Bonchev–Trinajstić information content (AvgIpc) is 3.08. The summed E-state index contributed by atoms with van der Waals surface area (Å²) in [7, 11) is 0. The first-order valence-corrected chi connectivity index (χ1v) is 10.4. The van der Waals surface area contributed by atoms with Gasteiger partial charge < -0.3 is 4.90 Å². The topological polar surface area (TPSA) is 36.4 Å². The fraction of sp³-hybridized carbons (Fsp3) is 0.600. The fourth-order valence-corrected chi connectivity index (χ4v) is 5.07. The second-order valence-corrected chi connectivity index (χ2v) is 8.72. The van der Waals surface area contributed by atoms with Crippen LogP contribution in [-0.2, 0) is 4.79 Å². The van der Waals surface area contributed by atoms with Gasteiger partial charge in [0.1, 0.15) is 0 Å². The molecule has 4 rings (SSSR count). The van der Waals surface area contributed by atoms with Crippen molar-refractivity contribution in [2.24, 2.45) is 5.92 Å². The number of carbonyl (C=O) groups is 1. The first-order chi connectivity index (χ1) is 12.2. The minimum absolute atomic E-state index is 0.306. The molecular weight excluding hydrogens is 330 g/mol. The second kappa shape index (κ2) is 7.42. The molecule has 1 aromatic carbocycles. The van der Waals surface area contributed by atoms with Gasteiger partial charge in [0.25, 0.3) is 0 Å². The van der Waals surface area contributed by atoms with Crippen molar-refractivity contribution in [2.45, 2.75) is 38.5 Å². The smallest absolute Gasteiger partial charge is 0.236 e. The van der Waals surface area contributed by atoms with Crippen molar-refractivity contribution in [2.75, 3.05) is 32.7 Å². The lowest BCUT2D eigenvalue weighted by molar-refractivity contribution is -0.134. The maximum atomic E-state index is 12.8. The number of nitrogens with zero attached hydrogens (tertiary/aromatic N) is 3. The standard InChI is InChI=1S/C20H27N3OS/c1-15-8-11-22(12-9-15)14-19(24)23-10-4-5-16(13-23)20-21-17-6-2-3-7-18(17)25-20/h2-3,6-7,15-16H,4-5,8-14H2,1H3/t16-/m0/s1. The van der Waals surface area contributed by atoms with Gasteiger partial charge in [0.2, 0.25) is 5.91 Å². The highest BCUT2D eigenvalue weighted by molar-refractivity contribution is 7.18. The third kappa shape index (κ3) is 3.87. The number of benzene rings is 1. The van der Waals surface area contributed by atoms with E-state index in [1.54, 1.807) is 11.3 Å². The zero-order valence-corrected chi connectivity index (χ0v) is 15.8. The zero-order valence-electron chi connectivity index (χ0n) is 15.0. The number of thiazole rings is 1. The van der Waals surface area contributed by atoms with E-state index in [2.05, 4.69) is 34.9 Å². The van der Waals surface area contributed by atoms with E-state index < -0.39 is 0 Å². The van der Waals surface area contributed by atoms with Crippen LogP contribution in [0.5, 0.6) is 0 Å². The molecule has 3 heterocycles. The van der Waals surface area contributed by atoms with E-state index in [0.29, 0.717) is 18.4 Å². The lowest BCUT2D eigenvalue weighted by atomic mass is 9.98. The monoisotopic (exact) mass is 357 g/mol. The minimum atomic E-state index is 0.306. The Morgan fingerprint density at radius 1 is 1.20 bits per heavy atom. The van der Waals surface area contributed by atoms with Crippen LogP contribution in [0.25, 0.3) is 10.2 Å². The Morgan fingerprint density at radius 3 is 2.80 bits per heavy atom. The zero-order chi connectivity index (χ0) is 17.2. The predicted octanol–water partition coefficient (Wildman–Crippen LogP) is 3.73. The fourth-order valence-electron chi connectivity index (χ4n) is 3.98. The lowest BCUT2D eigenvalue weighted by Crippen LogP contribution is -2.46. The van der Waals surface area contributed by atoms with E-state index in [9.17, 15) is 4.79 Å². The van der Waals surface area contributed by atoms with Gasteiger partial charge in [0, 0.05) is 19.0 Å². The van der Waals surface area contributed by atoms with Crippen LogP contribution in [-0.4, -0.2) is 53.4 Å². The van der Waals surface area contributed by atoms with Crippen LogP contribution in [0.2, 0.25) is 0 Å². The van der Waals surface area contributed by atoms with Crippen LogP contribution in [0, 0.1) is 5.92 Å². The Hall–Kier alpha value is -1.46. The number of rotatable bonds is 3. The van der Waals surface area contributed by atoms with E-state index in [1.165, 1.54) is 22.5 Å². The van der Waals surface area contributed by atoms with E-state index in [0.717, 1.165) is 50.5 Å². The lowest BCUT2D eigenvalue weighted by Gasteiger charge is -2.35. The van der Waals surface area contributed by atoms with Gasteiger partial charge in [-0.15, -0.1) is 11.3 Å². The molecule has 2 fully saturated rings. The number of hydrogen-bond acceptors (Lipinski definition) is 4. The van der Waals surface area contributed by atoms with Crippen molar-refractivity contribution >= 4 is 27.5 Å². The third-order valence-electron chi connectivity index (χ3n) is 5.67. The van der Waals surface area contributed by atoms with E-state index >= 15 is 0 Å². The average molecular weight is 358 g/mol. The van der Waals surface area contributed by atoms with Gasteiger partial charge in [-0.25, -0.2) is 4.98 Å². The molecule has 0 unspecified atom stereocenters. The normalized spacial score (nSPS) is 23.2. The van der Waals surface area contributed by atoms with Gasteiger partial charge in [-0.05, 0) is 56.8 Å². The third-order valence-corrected chi connectivity index (χ3v) is 6.87. The number of fused-ring (bicyclic) bond motifs is 1. The highest BCUT2D eigenvalue weighted by atomic mass is 32.1. The molecule has 0 saturated carbocycles. The van der Waals surface area contributed by atoms with Crippen molar-refractivity contribution < 1.29 is 4.79 Å². The number of para-hydroxylation sites is 1. The molecule has 5 heteroatoms. The molecule has 0 N–H and O–H groups in total. The van der Waals surface area contributed by atoms with E-state index in [4.69, 9.17) is 4.98 Å². The summed E-state index contributed by atoms with van der Waals surface area (Å²) in [5.74, 6) is 1.52. The Balaban J connectivity index is 1.39. The molecule has 134 valence electrons. The molecule has 1 aromatic heterocycles. The summed E-state index contributed by atoms with van der Waals surface area (Å²) in [6.07, 6.45) is 4.68. The van der Waals surface area contributed by atoms with Gasteiger partial charge in [0.15, 0.2) is 0 Å². The summed E-state index contributed by atoms with van der Waals surface area (Å²) < 4.78 is 1.25. The highest BCUT2D eigenvalue weighted by Crippen LogP contribution is 2.33. The highest BCUT2D eigenvalue weighted by Gasteiger charge is 2.28. The molecule has 4 nitrogen and oxygen atoms in total. The molecule has 0 spiro atoms. The van der Waals surface area contributed by atoms with Crippen LogP contribution < -0.4 is 0 Å². The molecule has 0 aliphatic carbocycles. The second-order valence-electron chi connectivity index (χ2n) is 7.66. The van der Waals surface area contributed by atoms with Gasteiger partial charge in [-0.1, -0.05) is 19.1 Å². The minimum Gasteiger partial charge on any atom is -0.341 e. The van der Waals surface area contributed by atoms with Gasteiger partial charge in [0.05, 0.1) is 21.8 Å². The number of aromatic nitrogens is 1. The van der Waals surface area contributed by atoms with Gasteiger partial charge in [-0.3, -0.25) is 9.69 Å². The largest absolute Gasteiger partial charge is 0.341 e. The van der Waals surface area contributed by atoms with Crippen LogP contribution >= 0.6 is 11.3 Å². The predicted molar refractivity (Wildman–Crippen MR) is 103 cm³/mol. The summed E-state index contributed by atoms with van der Waals surface area (Å²) in [5, 5.41) is 1.20. The van der Waals surface area contributed by atoms with Crippen molar-refractivity contribution in [3.63, 3.8) is 0 Å². The number of hydrogen-bond donors (Lipinski definition) is 0. The maximum Gasteiger partial charge on any atom is 0.236 e. The number of amides is 1. The van der Waals surface area contributed by atoms with Crippen molar-refractivity contribution in [3.05, 3.63) is 29.3 Å². The Labute approximate surface area is 153 Å². The molecular formula is C20H27N3OS. The molecule has 0 bridgehead atoms. The number of carbonyl (C=O) groups excluding carboxylic acids is 1. The van der Waals surface area contributed by atoms with Gasteiger partial charge >= 0.3 is 0 Å². The number of piperidine rings is 2. The quantitative estimate of drug-likeness (QED) is 0.840. The molecule has 2 aliphatic heterocycles.